The van der Waals surface area contributed by atoms with Crippen LogP contribution in [-0.2, 0) is 4.79 Å². The molecule has 1 unspecified atom stereocenters. The molecule has 0 radical (unpaired) electrons. The molecule has 2 atom stereocenters. The molecular weight excluding hydrogens is 306 g/mol. The minimum absolute atomic E-state index is 0.0144. The second-order valence-electron chi connectivity index (χ2n) is 5.69. The minimum atomic E-state index is -1.12. The van der Waals surface area contributed by atoms with Crippen LogP contribution < -0.4 is 0 Å². The maximum Gasteiger partial charge on any atom is 0.521 e. The molecule has 2 rings (SSSR count). The number of Topliss-reactive ketones (excluding diaryl/α,β-unsaturated/α-hetero) is 1. The van der Waals surface area contributed by atoms with Crippen LogP contribution >= 0.6 is 11.6 Å². The van der Waals surface area contributed by atoms with Gasteiger partial charge in [0.25, 0.3) is 0 Å². The van der Waals surface area contributed by atoms with Gasteiger partial charge in [-0.05, 0) is 31.2 Å². The van der Waals surface area contributed by atoms with Gasteiger partial charge in [-0.2, -0.15) is 9.28 Å². The summed E-state index contributed by atoms with van der Waals surface area (Å²) in [6, 6.07) is 6.20. The van der Waals surface area contributed by atoms with Crippen molar-refractivity contribution in [2.75, 3.05) is 6.54 Å². The molecule has 0 bridgehead atoms. The van der Waals surface area contributed by atoms with Crippen molar-refractivity contribution in [3.05, 3.63) is 34.9 Å². The van der Waals surface area contributed by atoms with E-state index in [-0.39, 0.29) is 30.6 Å². The lowest BCUT2D eigenvalue weighted by Gasteiger charge is -2.29. The molecule has 5 nitrogen and oxygen atoms in total. The molecule has 1 fully saturated rings. The Kier molecular flexibility index (Phi) is 4.98. The third-order valence-corrected chi connectivity index (χ3v) is 4.66. The highest BCUT2D eigenvalue weighted by Crippen LogP contribution is 2.29. The maximum atomic E-state index is 12.4. The molecule has 0 aliphatic carbocycles. The Bertz CT molecular complexity index is 599. The van der Waals surface area contributed by atoms with Gasteiger partial charge >= 0.3 is 12.0 Å². The van der Waals surface area contributed by atoms with Crippen molar-refractivity contribution in [3.8, 4) is 0 Å². The first kappa shape index (κ1) is 16.6. The molecule has 118 valence electrons. The molecule has 6 heteroatoms. The Morgan fingerprint density at radius 1 is 1.23 bits per heavy atom. The van der Waals surface area contributed by atoms with Crippen molar-refractivity contribution in [2.24, 2.45) is 0 Å². The highest BCUT2D eigenvalue weighted by Gasteiger charge is 2.52. The molecule has 1 N–H and O–H groups in total. The molecule has 1 aromatic rings. The number of nitrogens with zero attached hydrogens (tertiary/aromatic N) is 1. The van der Waals surface area contributed by atoms with Gasteiger partial charge in [0.2, 0.25) is 0 Å². The molecule has 1 saturated heterocycles. The van der Waals surface area contributed by atoms with Crippen molar-refractivity contribution < 1.29 is 24.0 Å². The smallest absolute Gasteiger partial charge is 0.435 e. The molecular formula is C16H19ClNO4+. The molecule has 0 spiro atoms. The van der Waals surface area contributed by atoms with Gasteiger partial charge in [-0.25, -0.2) is 4.79 Å². The summed E-state index contributed by atoms with van der Waals surface area (Å²) in [7, 11) is 0. The van der Waals surface area contributed by atoms with E-state index in [9.17, 15) is 19.5 Å². The highest BCUT2D eigenvalue weighted by molar-refractivity contribution is 6.30. The van der Waals surface area contributed by atoms with Gasteiger partial charge < -0.3 is 5.11 Å². The van der Waals surface area contributed by atoms with Crippen molar-refractivity contribution in [1.82, 2.24) is 0 Å². The van der Waals surface area contributed by atoms with Crippen LogP contribution in [0.3, 0.4) is 0 Å². The summed E-state index contributed by atoms with van der Waals surface area (Å²) in [4.78, 5) is 36.1. The number of amides is 2. The Hall–Kier alpha value is -1.72. The molecule has 1 aliphatic heterocycles. The number of halogens is 1. The SMILES string of the molecule is C[C@@H]1CCC[N+]1(C(=O)O)C(=O)CCC(=O)c1ccc(Cl)cc1. The first-order valence-electron chi connectivity index (χ1n) is 7.31. The van der Waals surface area contributed by atoms with Gasteiger partial charge in [0.15, 0.2) is 5.78 Å². The van der Waals surface area contributed by atoms with E-state index in [0.29, 0.717) is 30.0 Å². The van der Waals surface area contributed by atoms with Gasteiger partial charge in [0.1, 0.15) is 6.04 Å². The number of hydrogen-bond donors (Lipinski definition) is 1. The number of imide groups is 1. The fourth-order valence-electron chi connectivity index (χ4n) is 3.04. The van der Waals surface area contributed by atoms with Crippen molar-refractivity contribution in [1.29, 1.82) is 0 Å². The second-order valence-corrected chi connectivity index (χ2v) is 6.13. The third-order valence-electron chi connectivity index (χ3n) is 4.40. The summed E-state index contributed by atoms with van der Waals surface area (Å²) in [6.45, 7) is 2.09. The van der Waals surface area contributed by atoms with E-state index >= 15 is 0 Å². The van der Waals surface area contributed by atoms with Gasteiger partial charge in [0.05, 0.1) is 13.0 Å². The molecule has 0 saturated carbocycles. The third kappa shape index (κ3) is 3.05. The van der Waals surface area contributed by atoms with E-state index in [4.69, 9.17) is 11.6 Å². The van der Waals surface area contributed by atoms with E-state index in [2.05, 4.69) is 0 Å². The number of likely N-dealkylation sites (tertiary alicyclic amines) is 1. The Labute approximate surface area is 134 Å². The van der Waals surface area contributed by atoms with Gasteiger partial charge in [-0.15, -0.1) is 0 Å². The lowest BCUT2D eigenvalue weighted by Crippen LogP contribution is -2.58. The summed E-state index contributed by atoms with van der Waals surface area (Å²) >= 11 is 5.77. The number of ketones is 1. The Balaban J connectivity index is 2.04. The van der Waals surface area contributed by atoms with Gasteiger partial charge in [0, 0.05) is 29.8 Å². The van der Waals surface area contributed by atoms with Crippen LogP contribution in [0.5, 0.6) is 0 Å². The van der Waals surface area contributed by atoms with E-state index in [1.54, 1.807) is 31.2 Å². The Morgan fingerprint density at radius 2 is 1.86 bits per heavy atom. The number of carboxylic acid groups (broad SMARTS) is 1. The monoisotopic (exact) mass is 324 g/mol. The van der Waals surface area contributed by atoms with Crippen LogP contribution in [-0.4, -0.2) is 40.0 Å². The quantitative estimate of drug-likeness (QED) is 0.679. The summed E-state index contributed by atoms with van der Waals surface area (Å²) in [5.74, 6) is -0.569. The number of benzene rings is 1. The fraction of sp³-hybridized carbons (Fsp3) is 0.438. The summed E-state index contributed by atoms with van der Waals surface area (Å²) in [6.07, 6.45) is 0.264. The van der Waals surface area contributed by atoms with Crippen LogP contribution in [0.15, 0.2) is 24.3 Å². The van der Waals surface area contributed by atoms with E-state index < -0.39 is 10.6 Å². The Morgan fingerprint density at radius 3 is 2.36 bits per heavy atom. The van der Waals surface area contributed by atoms with E-state index in [1.807, 2.05) is 0 Å². The second kappa shape index (κ2) is 6.58. The van der Waals surface area contributed by atoms with E-state index in [1.165, 1.54) is 0 Å². The maximum absolute atomic E-state index is 12.4. The molecule has 0 aromatic heterocycles. The number of rotatable bonds is 4. The first-order chi connectivity index (χ1) is 10.4. The zero-order valence-electron chi connectivity index (χ0n) is 12.4. The number of quaternary nitrogens is 1. The molecule has 1 aliphatic rings. The predicted octanol–water partition coefficient (Wildman–Crippen LogP) is 3.51. The van der Waals surface area contributed by atoms with Crippen LogP contribution in [0.25, 0.3) is 0 Å². The van der Waals surface area contributed by atoms with Gasteiger partial charge in [-0.1, -0.05) is 11.6 Å². The highest BCUT2D eigenvalue weighted by atomic mass is 35.5. The first-order valence-corrected chi connectivity index (χ1v) is 7.69. The summed E-state index contributed by atoms with van der Waals surface area (Å²) in [5.41, 5.74) is 0.480. The lowest BCUT2D eigenvalue weighted by atomic mass is 10.1. The number of carbonyl (C=O) groups is 3. The minimum Gasteiger partial charge on any atom is -0.435 e. The van der Waals surface area contributed by atoms with E-state index in [0.717, 1.165) is 0 Å². The molecule has 2 amide bonds. The van der Waals surface area contributed by atoms with Crippen LogP contribution in [0.1, 0.15) is 43.0 Å². The zero-order valence-corrected chi connectivity index (χ0v) is 13.2. The standard InChI is InChI=1S/C16H18ClNO4/c1-11-3-2-10-18(11,16(21)22)15(20)9-8-14(19)12-4-6-13(17)7-5-12/h4-7,11H,2-3,8-10H2,1H3/p+1/t11-,18?/m1/s1. The lowest BCUT2D eigenvalue weighted by molar-refractivity contribution is -0.792. The summed E-state index contributed by atoms with van der Waals surface area (Å²) in [5, 5.41) is 10.0. The molecule has 22 heavy (non-hydrogen) atoms. The zero-order chi connectivity index (χ0) is 16.3. The number of hydrogen-bond acceptors (Lipinski definition) is 3. The van der Waals surface area contributed by atoms with Crippen LogP contribution in [0.4, 0.5) is 4.79 Å². The average molecular weight is 325 g/mol. The molecule has 1 heterocycles. The molecule has 1 aromatic carbocycles. The van der Waals surface area contributed by atoms with Crippen molar-refractivity contribution in [2.45, 2.75) is 38.6 Å². The van der Waals surface area contributed by atoms with Crippen molar-refractivity contribution in [3.63, 3.8) is 0 Å². The van der Waals surface area contributed by atoms with Crippen LogP contribution in [0, 0.1) is 0 Å². The van der Waals surface area contributed by atoms with Crippen LogP contribution in [0.2, 0.25) is 5.02 Å². The largest absolute Gasteiger partial charge is 0.521 e. The number of carbonyl (C=O) groups excluding carboxylic acids is 2. The fourth-order valence-corrected chi connectivity index (χ4v) is 3.16. The normalized spacial score (nSPS) is 24.2. The van der Waals surface area contributed by atoms with Gasteiger partial charge in [-0.3, -0.25) is 4.79 Å². The summed E-state index contributed by atoms with van der Waals surface area (Å²) < 4.78 is -0.548. The average Bonchev–Trinajstić information content (AvgIpc) is 2.88. The predicted molar refractivity (Wildman–Crippen MR) is 81.9 cm³/mol. The van der Waals surface area contributed by atoms with Crippen molar-refractivity contribution >= 4 is 29.4 Å². The topological polar surface area (TPSA) is 71.4 Å².